The van der Waals surface area contributed by atoms with E-state index in [1.54, 1.807) is 25.4 Å². The van der Waals surface area contributed by atoms with E-state index in [9.17, 15) is 18.7 Å². The molecule has 1 fully saturated rings. The van der Waals surface area contributed by atoms with Gasteiger partial charge in [0.1, 0.15) is 18.7 Å². The van der Waals surface area contributed by atoms with Crippen molar-refractivity contribution in [2.75, 3.05) is 44.0 Å². The summed E-state index contributed by atoms with van der Waals surface area (Å²) in [4.78, 5) is 23.4. The first-order chi connectivity index (χ1) is 19.9. The molecule has 1 saturated heterocycles. The number of hydrogen-bond acceptors (Lipinski definition) is 9. The highest BCUT2D eigenvalue weighted by Gasteiger charge is 2.17. The first-order valence-electron chi connectivity index (χ1n) is 13.3. The number of anilines is 3. The van der Waals surface area contributed by atoms with Crippen LogP contribution in [0, 0.1) is 11.6 Å². The fourth-order valence-electron chi connectivity index (χ4n) is 4.64. The molecule has 2 aromatic heterocycles. The van der Waals surface area contributed by atoms with Crippen molar-refractivity contribution in [3.63, 3.8) is 0 Å². The molecular formula is C28H31F2N7O4. The number of rotatable bonds is 11. The van der Waals surface area contributed by atoms with Crippen LogP contribution < -0.4 is 20.1 Å². The van der Waals surface area contributed by atoms with Crippen LogP contribution in [0.5, 0.6) is 11.5 Å². The van der Waals surface area contributed by atoms with Gasteiger partial charge in [-0.25, -0.2) is 18.7 Å². The first kappa shape index (κ1) is 28.2. The monoisotopic (exact) mass is 567 g/mol. The lowest BCUT2D eigenvalue weighted by molar-refractivity contribution is -0.116. The maximum Gasteiger partial charge on any atom is 0.246 e. The summed E-state index contributed by atoms with van der Waals surface area (Å²) in [6.45, 7) is 2.99. The number of amides is 1. The van der Waals surface area contributed by atoms with E-state index in [-0.39, 0.29) is 18.3 Å². The van der Waals surface area contributed by atoms with Gasteiger partial charge in [0, 0.05) is 37.3 Å². The van der Waals surface area contributed by atoms with Crippen molar-refractivity contribution in [2.24, 2.45) is 0 Å². The number of carbonyl (C=O) groups is 1. The minimum Gasteiger partial charge on any atom is -0.493 e. The van der Waals surface area contributed by atoms with Crippen molar-refractivity contribution in [3.05, 3.63) is 60.7 Å². The minimum absolute atomic E-state index is 0.186. The number of halogens is 2. The Hall–Kier alpha value is -4.36. The van der Waals surface area contributed by atoms with Crippen LogP contribution in [-0.4, -0.2) is 75.1 Å². The summed E-state index contributed by atoms with van der Waals surface area (Å²) in [6, 6.07) is 7.16. The average molecular weight is 568 g/mol. The Bertz CT molecular complexity index is 1510. The predicted molar refractivity (Wildman–Crippen MR) is 148 cm³/mol. The Labute approximate surface area is 235 Å². The Kier molecular flexibility index (Phi) is 8.85. The highest BCUT2D eigenvalue weighted by atomic mass is 19.2. The number of carbonyl (C=O) groups excluding carboxylic acids is 1. The fraction of sp³-hybridized carbons (Fsp3) is 0.357. The van der Waals surface area contributed by atoms with Gasteiger partial charge < -0.3 is 30.1 Å². The third-order valence-corrected chi connectivity index (χ3v) is 6.78. The summed E-state index contributed by atoms with van der Waals surface area (Å²) in [5.41, 5.74) is 0.958. The molecule has 13 heteroatoms. The number of nitrogens with one attached hydrogen (secondary N) is 2. The highest BCUT2D eigenvalue weighted by molar-refractivity contribution is 5.93. The van der Waals surface area contributed by atoms with Gasteiger partial charge in [0.05, 0.1) is 42.9 Å². The van der Waals surface area contributed by atoms with Crippen molar-refractivity contribution < 1.29 is 28.2 Å². The number of aliphatic hydroxyl groups is 1. The van der Waals surface area contributed by atoms with E-state index in [4.69, 9.17) is 9.47 Å². The van der Waals surface area contributed by atoms with Crippen molar-refractivity contribution >= 4 is 34.0 Å². The number of aliphatic hydroxyl groups excluding tert-OH is 1. The zero-order valence-corrected chi connectivity index (χ0v) is 22.5. The highest BCUT2D eigenvalue weighted by Crippen LogP contribution is 2.34. The molecule has 0 saturated carbocycles. The minimum atomic E-state index is -1.12. The van der Waals surface area contributed by atoms with Crippen molar-refractivity contribution in [1.29, 1.82) is 0 Å². The Balaban J connectivity index is 1.21. The summed E-state index contributed by atoms with van der Waals surface area (Å²) < 4.78 is 40.2. The second kappa shape index (κ2) is 12.9. The van der Waals surface area contributed by atoms with Crippen LogP contribution in [0.1, 0.15) is 19.3 Å². The largest absolute Gasteiger partial charge is 0.493 e. The van der Waals surface area contributed by atoms with E-state index in [0.29, 0.717) is 40.5 Å². The van der Waals surface area contributed by atoms with Gasteiger partial charge in [0.25, 0.3) is 0 Å². The molecular weight excluding hydrogens is 536 g/mol. The molecule has 0 unspecified atom stereocenters. The van der Waals surface area contributed by atoms with Crippen LogP contribution in [0.15, 0.2) is 49.1 Å². The number of benzene rings is 2. The normalized spacial score (nSPS) is 14.2. The molecule has 5 rings (SSSR count). The van der Waals surface area contributed by atoms with E-state index >= 15 is 0 Å². The Morgan fingerprint density at radius 3 is 2.80 bits per heavy atom. The van der Waals surface area contributed by atoms with Gasteiger partial charge in [-0.05, 0) is 37.5 Å². The molecule has 2 aromatic carbocycles. The predicted octanol–water partition coefficient (Wildman–Crippen LogP) is 3.72. The maximum absolute atomic E-state index is 13.9. The van der Waals surface area contributed by atoms with E-state index in [2.05, 4.69) is 30.6 Å². The lowest BCUT2D eigenvalue weighted by atomic mass is 10.1. The summed E-state index contributed by atoms with van der Waals surface area (Å²) in [5.74, 6) is -1.12. The van der Waals surface area contributed by atoms with Gasteiger partial charge in [-0.15, -0.1) is 0 Å². The fourth-order valence-corrected chi connectivity index (χ4v) is 4.64. The van der Waals surface area contributed by atoms with Gasteiger partial charge in [0.2, 0.25) is 5.91 Å². The van der Waals surface area contributed by atoms with Crippen molar-refractivity contribution in [2.45, 2.75) is 31.9 Å². The molecule has 3 heterocycles. The lowest BCUT2D eigenvalue weighted by Gasteiger charge is -2.29. The SMILES string of the molecule is COc1cc2c(Nc3cnn(CC(=O)Nc4cccc(F)c4F)c3)ncnc2cc1OCCCN1CCC(O)CC1. The zero-order valence-electron chi connectivity index (χ0n) is 22.5. The van der Waals surface area contributed by atoms with Crippen LogP contribution in [0.3, 0.4) is 0 Å². The third kappa shape index (κ3) is 7.05. The van der Waals surface area contributed by atoms with Gasteiger partial charge in [-0.1, -0.05) is 6.07 Å². The molecule has 1 aliphatic rings. The van der Waals surface area contributed by atoms with Crippen LogP contribution in [0.4, 0.5) is 26.0 Å². The van der Waals surface area contributed by atoms with Crippen LogP contribution in [0.25, 0.3) is 10.9 Å². The zero-order chi connectivity index (χ0) is 28.8. The summed E-state index contributed by atoms with van der Waals surface area (Å²) in [7, 11) is 1.56. The number of fused-ring (bicyclic) bond motifs is 1. The number of likely N-dealkylation sites (tertiary alicyclic amines) is 1. The smallest absolute Gasteiger partial charge is 0.246 e. The molecule has 0 spiro atoms. The molecule has 0 radical (unpaired) electrons. The number of aromatic nitrogens is 4. The molecule has 1 amide bonds. The first-order valence-corrected chi connectivity index (χ1v) is 13.3. The molecule has 0 aliphatic carbocycles. The van der Waals surface area contributed by atoms with Gasteiger partial charge >= 0.3 is 0 Å². The van der Waals surface area contributed by atoms with E-state index in [0.717, 1.165) is 45.0 Å². The molecule has 11 nitrogen and oxygen atoms in total. The van der Waals surface area contributed by atoms with E-state index in [1.807, 2.05) is 0 Å². The number of ether oxygens (including phenoxy) is 2. The standard InChI is InChI=1S/C28H31F2N7O4/c1-40-24-12-20-23(13-25(24)41-11-3-8-36-9-6-19(38)7-10-36)31-17-32-28(20)34-18-14-33-37(15-18)16-26(39)35-22-5-2-4-21(29)27(22)30/h2,4-5,12-15,17,19,38H,3,6-11,16H2,1H3,(H,35,39)(H,31,32,34). The lowest BCUT2D eigenvalue weighted by Crippen LogP contribution is -2.36. The van der Waals surface area contributed by atoms with E-state index < -0.39 is 17.5 Å². The Morgan fingerprint density at radius 1 is 1.17 bits per heavy atom. The van der Waals surface area contributed by atoms with Gasteiger partial charge in [-0.3, -0.25) is 9.48 Å². The van der Waals surface area contributed by atoms with Crippen LogP contribution in [-0.2, 0) is 11.3 Å². The molecule has 4 aromatic rings. The molecule has 1 aliphatic heterocycles. The number of methoxy groups -OCH3 is 1. The summed E-state index contributed by atoms with van der Waals surface area (Å²) >= 11 is 0. The summed E-state index contributed by atoms with van der Waals surface area (Å²) in [5, 5.41) is 20.0. The topological polar surface area (TPSA) is 127 Å². The second-order valence-corrected chi connectivity index (χ2v) is 9.72. The van der Waals surface area contributed by atoms with Crippen molar-refractivity contribution in [3.8, 4) is 11.5 Å². The molecule has 3 N–H and O–H groups in total. The average Bonchev–Trinajstić information content (AvgIpc) is 3.40. The maximum atomic E-state index is 13.9. The van der Waals surface area contributed by atoms with Gasteiger partial charge in [0.15, 0.2) is 23.1 Å². The number of hydrogen-bond donors (Lipinski definition) is 3. The van der Waals surface area contributed by atoms with Gasteiger partial charge in [-0.2, -0.15) is 5.10 Å². The van der Waals surface area contributed by atoms with Crippen molar-refractivity contribution in [1.82, 2.24) is 24.6 Å². The molecule has 216 valence electrons. The van der Waals surface area contributed by atoms with E-state index in [1.165, 1.54) is 29.3 Å². The Morgan fingerprint density at radius 2 is 2.00 bits per heavy atom. The quantitative estimate of drug-likeness (QED) is 0.233. The molecule has 0 bridgehead atoms. The number of nitrogens with zero attached hydrogens (tertiary/aromatic N) is 5. The second-order valence-electron chi connectivity index (χ2n) is 9.72. The molecule has 41 heavy (non-hydrogen) atoms. The van der Waals surface area contributed by atoms with Crippen LogP contribution in [0.2, 0.25) is 0 Å². The summed E-state index contributed by atoms with van der Waals surface area (Å²) in [6.07, 6.45) is 6.81. The van der Waals surface area contributed by atoms with Crippen LogP contribution >= 0.6 is 0 Å². The molecule has 0 atom stereocenters. The number of piperidine rings is 1. The third-order valence-electron chi connectivity index (χ3n) is 6.78.